The van der Waals surface area contributed by atoms with Gasteiger partial charge in [0.1, 0.15) is 21.6 Å². The average molecular weight is 547 g/mol. The predicted molar refractivity (Wildman–Crippen MR) is 158 cm³/mol. The lowest BCUT2D eigenvalue weighted by Gasteiger charge is -2.14. The Bertz CT molecular complexity index is 1290. The number of thiocarbonyl (C=S) groups is 1. The third kappa shape index (κ3) is 7.94. The largest absolute Gasteiger partial charge is 0.494 e. The maximum atomic E-state index is 13.0. The van der Waals surface area contributed by atoms with E-state index >= 15 is 0 Å². The SMILES string of the molecule is CCOc1ccc(NC(=O)CCCCCN2C(=O)/C(=C/c3cccc(Oc4ccccc4)c3)SC2=S)cc1. The van der Waals surface area contributed by atoms with Gasteiger partial charge in [0.05, 0.1) is 11.5 Å². The van der Waals surface area contributed by atoms with E-state index in [9.17, 15) is 9.59 Å². The highest BCUT2D eigenvalue weighted by Crippen LogP contribution is 2.33. The van der Waals surface area contributed by atoms with Crippen LogP contribution >= 0.6 is 24.0 Å². The number of thioether (sulfide) groups is 1. The van der Waals surface area contributed by atoms with E-state index in [4.69, 9.17) is 21.7 Å². The van der Waals surface area contributed by atoms with Crippen molar-refractivity contribution in [2.45, 2.75) is 32.6 Å². The monoisotopic (exact) mass is 546 g/mol. The molecule has 0 bridgehead atoms. The van der Waals surface area contributed by atoms with Crippen molar-refractivity contribution in [2.75, 3.05) is 18.5 Å². The van der Waals surface area contributed by atoms with Crippen LogP contribution in [0, 0.1) is 0 Å². The number of hydrogen-bond acceptors (Lipinski definition) is 6. The number of unbranched alkanes of at least 4 members (excludes halogenated alkanes) is 2. The standard InChI is InChI=1S/C30H30N2O4S2/c1-2-35-24-17-15-23(16-18-24)31-28(33)14-7-4-8-19-32-29(34)27(38-30(32)37)21-22-10-9-13-26(20-22)36-25-11-5-3-6-12-25/h3,5-6,9-13,15-18,20-21H,2,4,7-8,14,19H2,1H3,(H,31,33)/b27-21-. The number of anilines is 1. The molecule has 4 rings (SSSR count). The number of amides is 2. The summed E-state index contributed by atoms with van der Waals surface area (Å²) in [5.41, 5.74) is 1.62. The highest BCUT2D eigenvalue weighted by Gasteiger charge is 2.31. The second-order valence-corrected chi connectivity index (χ2v) is 10.3. The Labute approximate surface area is 233 Å². The maximum Gasteiger partial charge on any atom is 0.266 e. The molecule has 2 amide bonds. The first-order valence-electron chi connectivity index (χ1n) is 12.6. The van der Waals surface area contributed by atoms with Crippen LogP contribution < -0.4 is 14.8 Å². The average Bonchev–Trinajstić information content (AvgIpc) is 3.18. The summed E-state index contributed by atoms with van der Waals surface area (Å²) in [4.78, 5) is 27.5. The van der Waals surface area contributed by atoms with Crippen LogP contribution in [0.25, 0.3) is 6.08 Å². The van der Waals surface area contributed by atoms with Gasteiger partial charge in [0, 0.05) is 18.7 Å². The predicted octanol–water partition coefficient (Wildman–Crippen LogP) is 7.28. The summed E-state index contributed by atoms with van der Waals surface area (Å²) in [6.45, 7) is 3.08. The maximum absolute atomic E-state index is 13.0. The van der Waals surface area contributed by atoms with E-state index in [1.807, 2.05) is 91.9 Å². The Kier molecular flexibility index (Phi) is 9.95. The summed E-state index contributed by atoms with van der Waals surface area (Å²) in [6.07, 6.45) is 4.61. The minimum atomic E-state index is -0.0809. The van der Waals surface area contributed by atoms with Crippen LogP contribution in [0.2, 0.25) is 0 Å². The Hall–Kier alpha value is -3.62. The lowest BCUT2D eigenvalue weighted by atomic mass is 10.1. The van der Waals surface area contributed by atoms with Crippen LogP contribution in [-0.2, 0) is 9.59 Å². The van der Waals surface area contributed by atoms with Crippen molar-refractivity contribution >= 4 is 51.9 Å². The molecule has 1 aliphatic rings. The zero-order valence-electron chi connectivity index (χ0n) is 21.2. The van der Waals surface area contributed by atoms with E-state index in [-0.39, 0.29) is 11.8 Å². The molecule has 0 spiro atoms. The summed E-state index contributed by atoms with van der Waals surface area (Å²) >= 11 is 6.79. The van der Waals surface area contributed by atoms with Gasteiger partial charge in [-0.3, -0.25) is 14.5 Å². The summed E-state index contributed by atoms with van der Waals surface area (Å²) in [7, 11) is 0. The normalized spacial score (nSPS) is 14.1. The molecule has 1 aliphatic heterocycles. The number of carbonyl (C=O) groups excluding carboxylic acids is 2. The van der Waals surface area contributed by atoms with Gasteiger partial charge >= 0.3 is 0 Å². The highest BCUT2D eigenvalue weighted by atomic mass is 32.2. The molecule has 0 unspecified atom stereocenters. The molecular weight excluding hydrogens is 516 g/mol. The molecule has 6 nitrogen and oxygen atoms in total. The number of carbonyl (C=O) groups is 2. The van der Waals surface area contributed by atoms with Crippen LogP contribution in [0.5, 0.6) is 17.2 Å². The second-order valence-electron chi connectivity index (χ2n) is 8.64. The van der Waals surface area contributed by atoms with Crippen LogP contribution in [0.15, 0.2) is 83.8 Å². The van der Waals surface area contributed by atoms with E-state index in [1.54, 1.807) is 4.90 Å². The first-order chi connectivity index (χ1) is 18.5. The summed E-state index contributed by atoms with van der Waals surface area (Å²) in [6, 6.07) is 24.5. The van der Waals surface area contributed by atoms with Crippen LogP contribution in [0.3, 0.4) is 0 Å². The Morgan fingerprint density at radius 3 is 2.47 bits per heavy atom. The summed E-state index contributed by atoms with van der Waals surface area (Å²) in [5, 5.41) is 2.90. The summed E-state index contributed by atoms with van der Waals surface area (Å²) in [5.74, 6) is 2.13. The molecule has 0 atom stereocenters. The van der Waals surface area contributed by atoms with Crippen molar-refractivity contribution in [2.24, 2.45) is 0 Å². The minimum Gasteiger partial charge on any atom is -0.494 e. The zero-order chi connectivity index (χ0) is 26.7. The summed E-state index contributed by atoms with van der Waals surface area (Å²) < 4.78 is 11.9. The van der Waals surface area contributed by atoms with E-state index in [2.05, 4.69) is 5.32 Å². The number of ether oxygens (including phenoxy) is 2. The topological polar surface area (TPSA) is 67.9 Å². The molecule has 1 fully saturated rings. The molecule has 1 saturated heterocycles. The van der Waals surface area contributed by atoms with Gasteiger partial charge in [-0.25, -0.2) is 0 Å². The Balaban J connectivity index is 1.21. The smallest absolute Gasteiger partial charge is 0.266 e. The van der Waals surface area contributed by atoms with Gasteiger partial charge in [-0.2, -0.15) is 0 Å². The van der Waals surface area contributed by atoms with E-state index in [0.29, 0.717) is 34.5 Å². The first kappa shape index (κ1) is 27.4. The minimum absolute atomic E-state index is 0.0267. The van der Waals surface area contributed by atoms with Crippen LogP contribution in [-0.4, -0.2) is 34.2 Å². The molecule has 0 radical (unpaired) electrons. The highest BCUT2D eigenvalue weighted by molar-refractivity contribution is 8.26. The van der Waals surface area contributed by atoms with E-state index in [0.717, 1.165) is 42.0 Å². The second kappa shape index (κ2) is 13.8. The van der Waals surface area contributed by atoms with Crippen molar-refractivity contribution in [1.82, 2.24) is 4.90 Å². The lowest BCUT2D eigenvalue weighted by molar-refractivity contribution is -0.122. The number of para-hydroxylation sites is 1. The van der Waals surface area contributed by atoms with E-state index < -0.39 is 0 Å². The van der Waals surface area contributed by atoms with E-state index in [1.165, 1.54) is 11.8 Å². The van der Waals surface area contributed by atoms with Crippen LogP contribution in [0.4, 0.5) is 5.69 Å². The van der Waals surface area contributed by atoms with Crippen molar-refractivity contribution in [3.63, 3.8) is 0 Å². The molecule has 3 aromatic carbocycles. The van der Waals surface area contributed by atoms with Gasteiger partial charge in [-0.15, -0.1) is 0 Å². The molecule has 1 heterocycles. The van der Waals surface area contributed by atoms with Gasteiger partial charge in [0.2, 0.25) is 5.91 Å². The molecule has 1 N–H and O–H groups in total. The number of nitrogens with zero attached hydrogens (tertiary/aromatic N) is 1. The third-order valence-corrected chi connectivity index (χ3v) is 7.12. The zero-order valence-corrected chi connectivity index (χ0v) is 22.9. The Morgan fingerprint density at radius 2 is 1.71 bits per heavy atom. The van der Waals surface area contributed by atoms with Gasteiger partial charge in [0.25, 0.3) is 5.91 Å². The fourth-order valence-corrected chi connectivity index (χ4v) is 5.20. The van der Waals surface area contributed by atoms with Gasteiger partial charge in [0.15, 0.2) is 0 Å². The van der Waals surface area contributed by atoms with Crippen molar-refractivity contribution in [3.8, 4) is 17.2 Å². The molecule has 3 aromatic rings. The first-order valence-corrected chi connectivity index (χ1v) is 13.9. The van der Waals surface area contributed by atoms with Crippen LogP contribution in [0.1, 0.15) is 38.2 Å². The number of nitrogens with one attached hydrogen (secondary N) is 1. The molecule has 38 heavy (non-hydrogen) atoms. The number of benzene rings is 3. The fourth-order valence-electron chi connectivity index (χ4n) is 3.89. The fraction of sp³-hybridized carbons (Fsp3) is 0.233. The molecule has 196 valence electrons. The van der Waals surface area contributed by atoms with Gasteiger partial charge in [-0.1, -0.05) is 60.7 Å². The third-order valence-electron chi connectivity index (χ3n) is 5.74. The van der Waals surface area contributed by atoms with Crippen molar-refractivity contribution < 1.29 is 19.1 Å². The quantitative estimate of drug-likeness (QED) is 0.146. The molecule has 8 heteroatoms. The number of rotatable bonds is 12. The molecular formula is C30H30N2O4S2. The van der Waals surface area contributed by atoms with Crippen molar-refractivity contribution in [1.29, 1.82) is 0 Å². The van der Waals surface area contributed by atoms with Gasteiger partial charge in [-0.05, 0) is 79.9 Å². The number of hydrogen-bond donors (Lipinski definition) is 1. The van der Waals surface area contributed by atoms with Crippen molar-refractivity contribution in [3.05, 3.63) is 89.3 Å². The lowest BCUT2D eigenvalue weighted by Crippen LogP contribution is -2.29. The molecule has 0 saturated carbocycles. The van der Waals surface area contributed by atoms with Gasteiger partial charge < -0.3 is 14.8 Å². The Morgan fingerprint density at radius 1 is 0.947 bits per heavy atom. The molecule has 0 aliphatic carbocycles. The molecule has 0 aromatic heterocycles.